The molecule has 0 aliphatic carbocycles. The Morgan fingerprint density at radius 2 is 2.20 bits per heavy atom. The second kappa shape index (κ2) is 8.00. The summed E-state index contributed by atoms with van der Waals surface area (Å²) >= 11 is 0. The zero-order chi connectivity index (χ0) is 14.2. The van der Waals surface area contributed by atoms with Crippen molar-refractivity contribution >= 4 is 5.91 Å². The van der Waals surface area contributed by atoms with Crippen molar-refractivity contribution in [2.45, 2.75) is 51.6 Å². The molecule has 1 N–H and O–H groups in total. The van der Waals surface area contributed by atoms with Crippen molar-refractivity contribution in [2.24, 2.45) is 0 Å². The zero-order valence-electron chi connectivity index (χ0n) is 12.3. The molecule has 20 heavy (non-hydrogen) atoms. The summed E-state index contributed by atoms with van der Waals surface area (Å²) in [6, 6.07) is 4.48. The number of nitrogens with one attached hydrogen (secondary N) is 1. The Kier molecular flexibility index (Phi) is 5.99. The topological polar surface area (TPSA) is 45.2 Å². The van der Waals surface area contributed by atoms with Crippen molar-refractivity contribution in [1.82, 2.24) is 15.2 Å². The molecule has 0 spiro atoms. The first-order valence-corrected chi connectivity index (χ1v) is 7.69. The van der Waals surface area contributed by atoms with E-state index in [2.05, 4.69) is 10.3 Å². The van der Waals surface area contributed by atoms with Gasteiger partial charge >= 0.3 is 0 Å². The highest BCUT2D eigenvalue weighted by atomic mass is 16.2. The number of piperidine rings is 1. The molecule has 2 rings (SSSR count). The monoisotopic (exact) mass is 275 g/mol. The fourth-order valence-electron chi connectivity index (χ4n) is 2.71. The Labute approximate surface area is 121 Å². The average molecular weight is 275 g/mol. The maximum atomic E-state index is 12.3. The molecule has 110 valence electrons. The lowest BCUT2D eigenvalue weighted by atomic mass is 10.0. The summed E-state index contributed by atoms with van der Waals surface area (Å²) in [6.45, 7) is 4.60. The second-order valence-electron chi connectivity index (χ2n) is 5.45. The van der Waals surface area contributed by atoms with Crippen molar-refractivity contribution in [3.05, 3.63) is 30.1 Å². The Bertz CT molecular complexity index is 401. The first kappa shape index (κ1) is 15.0. The van der Waals surface area contributed by atoms with Gasteiger partial charge in [-0.05, 0) is 50.4 Å². The van der Waals surface area contributed by atoms with Gasteiger partial charge in [0.25, 0.3) is 0 Å². The highest BCUT2D eigenvalue weighted by Crippen LogP contribution is 2.13. The molecule has 2 heterocycles. The van der Waals surface area contributed by atoms with Gasteiger partial charge in [0.05, 0.1) is 0 Å². The molecule has 1 unspecified atom stereocenters. The van der Waals surface area contributed by atoms with E-state index in [0.717, 1.165) is 25.1 Å². The molecule has 0 aromatic carbocycles. The predicted molar refractivity (Wildman–Crippen MR) is 80.2 cm³/mol. The third kappa shape index (κ3) is 4.60. The lowest BCUT2D eigenvalue weighted by Gasteiger charge is -2.25. The van der Waals surface area contributed by atoms with E-state index in [1.807, 2.05) is 24.0 Å². The number of carbonyl (C=O) groups is 1. The number of amides is 1. The molecular formula is C16H25N3O. The minimum Gasteiger partial charge on any atom is -0.339 e. The van der Waals surface area contributed by atoms with Crippen LogP contribution in [0.15, 0.2) is 24.5 Å². The second-order valence-corrected chi connectivity index (χ2v) is 5.45. The van der Waals surface area contributed by atoms with Crippen molar-refractivity contribution in [2.75, 3.05) is 13.1 Å². The van der Waals surface area contributed by atoms with Crippen LogP contribution in [-0.4, -0.2) is 34.9 Å². The number of hydrogen-bond donors (Lipinski definition) is 1. The number of carbonyl (C=O) groups excluding carboxylic acids is 1. The largest absolute Gasteiger partial charge is 0.339 e. The summed E-state index contributed by atoms with van der Waals surface area (Å²) in [5, 5.41) is 3.50. The van der Waals surface area contributed by atoms with Crippen LogP contribution in [0.5, 0.6) is 0 Å². The first-order chi connectivity index (χ1) is 9.79. The molecule has 1 aromatic heterocycles. The van der Waals surface area contributed by atoms with Gasteiger partial charge < -0.3 is 10.2 Å². The van der Waals surface area contributed by atoms with E-state index in [0.29, 0.717) is 19.0 Å². The van der Waals surface area contributed by atoms with Gasteiger partial charge in [-0.15, -0.1) is 0 Å². The van der Waals surface area contributed by atoms with Crippen LogP contribution in [0.4, 0.5) is 0 Å². The predicted octanol–water partition coefficient (Wildman–Crippen LogP) is 2.35. The van der Waals surface area contributed by atoms with Crippen LogP contribution in [0.3, 0.4) is 0 Å². The molecule has 1 saturated heterocycles. The Morgan fingerprint density at radius 1 is 1.40 bits per heavy atom. The highest BCUT2D eigenvalue weighted by Gasteiger charge is 2.17. The normalized spacial score (nSPS) is 18.8. The Hall–Kier alpha value is -1.42. The summed E-state index contributed by atoms with van der Waals surface area (Å²) in [5.41, 5.74) is 1.14. The van der Waals surface area contributed by atoms with E-state index in [1.165, 1.54) is 19.3 Å². The fraction of sp³-hybridized carbons (Fsp3) is 0.625. The van der Waals surface area contributed by atoms with Gasteiger partial charge in [0, 0.05) is 37.9 Å². The molecule has 0 saturated carbocycles. The molecule has 4 heteroatoms. The van der Waals surface area contributed by atoms with E-state index >= 15 is 0 Å². The third-order valence-electron chi connectivity index (χ3n) is 3.98. The number of aromatic nitrogens is 1. The number of rotatable bonds is 6. The minimum absolute atomic E-state index is 0.261. The fourth-order valence-corrected chi connectivity index (χ4v) is 2.71. The summed E-state index contributed by atoms with van der Waals surface area (Å²) in [5.74, 6) is 0.261. The number of hydrogen-bond acceptors (Lipinski definition) is 3. The van der Waals surface area contributed by atoms with Gasteiger partial charge in [-0.25, -0.2) is 0 Å². The Balaban J connectivity index is 1.79. The number of pyridine rings is 1. The number of nitrogens with zero attached hydrogens (tertiary/aromatic N) is 2. The molecule has 0 bridgehead atoms. The van der Waals surface area contributed by atoms with Gasteiger partial charge in [-0.3, -0.25) is 9.78 Å². The molecule has 1 aromatic rings. The first-order valence-electron chi connectivity index (χ1n) is 7.69. The van der Waals surface area contributed by atoms with Crippen LogP contribution in [0.2, 0.25) is 0 Å². The summed E-state index contributed by atoms with van der Waals surface area (Å²) < 4.78 is 0. The summed E-state index contributed by atoms with van der Waals surface area (Å²) in [4.78, 5) is 18.2. The Morgan fingerprint density at radius 3 is 2.85 bits per heavy atom. The maximum absolute atomic E-state index is 12.3. The quantitative estimate of drug-likeness (QED) is 0.867. The van der Waals surface area contributed by atoms with Gasteiger partial charge in [-0.1, -0.05) is 6.42 Å². The molecule has 1 aliphatic rings. The van der Waals surface area contributed by atoms with Crippen molar-refractivity contribution in [3.8, 4) is 0 Å². The molecular weight excluding hydrogens is 250 g/mol. The molecule has 0 radical (unpaired) electrons. The van der Waals surface area contributed by atoms with E-state index in [4.69, 9.17) is 0 Å². The van der Waals surface area contributed by atoms with Crippen molar-refractivity contribution < 1.29 is 4.79 Å². The molecule has 1 amide bonds. The standard InChI is InChI=1S/C16H25N3O/c1-2-19(13-14-8-11-17-12-9-14)16(20)7-6-15-5-3-4-10-18-15/h8-9,11-12,15,18H,2-7,10,13H2,1H3. The highest BCUT2D eigenvalue weighted by molar-refractivity contribution is 5.76. The SMILES string of the molecule is CCN(Cc1ccncc1)C(=O)CCC1CCCCN1. The van der Waals surface area contributed by atoms with Gasteiger partial charge in [0.2, 0.25) is 5.91 Å². The van der Waals surface area contributed by atoms with Gasteiger partial charge in [0.15, 0.2) is 0 Å². The van der Waals surface area contributed by atoms with Crippen LogP contribution in [-0.2, 0) is 11.3 Å². The van der Waals surface area contributed by atoms with E-state index < -0.39 is 0 Å². The van der Waals surface area contributed by atoms with Crippen LogP contribution >= 0.6 is 0 Å². The van der Waals surface area contributed by atoms with Crippen LogP contribution in [0.1, 0.15) is 44.6 Å². The molecule has 1 aliphatic heterocycles. The smallest absolute Gasteiger partial charge is 0.222 e. The summed E-state index contributed by atoms with van der Waals surface area (Å²) in [6.07, 6.45) is 8.94. The van der Waals surface area contributed by atoms with Crippen molar-refractivity contribution in [3.63, 3.8) is 0 Å². The summed E-state index contributed by atoms with van der Waals surface area (Å²) in [7, 11) is 0. The lowest BCUT2D eigenvalue weighted by molar-refractivity contribution is -0.131. The zero-order valence-corrected chi connectivity index (χ0v) is 12.3. The van der Waals surface area contributed by atoms with Gasteiger partial charge in [0.1, 0.15) is 0 Å². The van der Waals surface area contributed by atoms with E-state index in [9.17, 15) is 4.79 Å². The molecule has 1 fully saturated rings. The van der Waals surface area contributed by atoms with Gasteiger partial charge in [-0.2, -0.15) is 0 Å². The van der Waals surface area contributed by atoms with E-state index in [-0.39, 0.29) is 5.91 Å². The van der Waals surface area contributed by atoms with Crippen molar-refractivity contribution in [1.29, 1.82) is 0 Å². The third-order valence-corrected chi connectivity index (χ3v) is 3.98. The molecule has 4 nitrogen and oxygen atoms in total. The van der Waals surface area contributed by atoms with Crippen LogP contribution < -0.4 is 5.32 Å². The maximum Gasteiger partial charge on any atom is 0.222 e. The molecule has 1 atom stereocenters. The van der Waals surface area contributed by atoms with Crippen LogP contribution in [0.25, 0.3) is 0 Å². The minimum atomic E-state index is 0.261. The van der Waals surface area contributed by atoms with Crippen LogP contribution in [0, 0.1) is 0 Å². The average Bonchev–Trinajstić information content (AvgIpc) is 2.52. The van der Waals surface area contributed by atoms with E-state index in [1.54, 1.807) is 12.4 Å². The lowest BCUT2D eigenvalue weighted by Crippen LogP contribution is -2.36.